The van der Waals surface area contributed by atoms with Crippen LogP contribution in [-0.2, 0) is 4.79 Å². The lowest BCUT2D eigenvalue weighted by Gasteiger charge is -2.17. The molecule has 0 N–H and O–H groups in total. The number of thiazole rings is 1. The van der Waals surface area contributed by atoms with E-state index in [4.69, 9.17) is 0 Å². The molecule has 0 unspecified atom stereocenters. The Labute approximate surface area is 137 Å². The third-order valence-electron chi connectivity index (χ3n) is 3.96. The largest absolute Gasteiger partial charge is 0.323 e. The number of rotatable bonds is 4. The predicted octanol–water partition coefficient (Wildman–Crippen LogP) is 1.25. The zero-order chi connectivity index (χ0) is 15.8. The van der Waals surface area contributed by atoms with Crippen LogP contribution in [0.5, 0.6) is 0 Å². The van der Waals surface area contributed by atoms with Gasteiger partial charge in [0, 0.05) is 18.9 Å². The highest BCUT2D eigenvalue weighted by atomic mass is 32.1. The SMILES string of the molecule is O=C1CN(C(=O)c2cnc(-c3ncccn3)s2)CN1CC1CC1. The van der Waals surface area contributed by atoms with Crippen LogP contribution >= 0.6 is 11.3 Å². The Kier molecular flexibility index (Phi) is 3.53. The van der Waals surface area contributed by atoms with Crippen molar-refractivity contribution in [2.45, 2.75) is 12.8 Å². The molecule has 2 aromatic rings. The number of nitrogens with zero attached hydrogens (tertiary/aromatic N) is 5. The number of aromatic nitrogens is 3. The van der Waals surface area contributed by atoms with E-state index in [1.165, 1.54) is 30.4 Å². The molecule has 2 amide bonds. The lowest BCUT2D eigenvalue weighted by molar-refractivity contribution is -0.126. The van der Waals surface area contributed by atoms with Crippen molar-refractivity contribution in [3.8, 4) is 10.8 Å². The molecule has 1 saturated heterocycles. The van der Waals surface area contributed by atoms with Gasteiger partial charge in [-0.05, 0) is 24.8 Å². The molecule has 23 heavy (non-hydrogen) atoms. The van der Waals surface area contributed by atoms with Crippen molar-refractivity contribution in [2.24, 2.45) is 5.92 Å². The third kappa shape index (κ3) is 2.94. The van der Waals surface area contributed by atoms with Gasteiger partial charge in [-0.2, -0.15) is 0 Å². The monoisotopic (exact) mass is 329 g/mol. The highest BCUT2D eigenvalue weighted by Crippen LogP contribution is 2.31. The normalized spacial score (nSPS) is 17.8. The average Bonchev–Trinajstić information content (AvgIpc) is 3.12. The quantitative estimate of drug-likeness (QED) is 0.843. The van der Waals surface area contributed by atoms with E-state index in [-0.39, 0.29) is 18.4 Å². The molecule has 7 nitrogen and oxygen atoms in total. The summed E-state index contributed by atoms with van der Waals surface area (Å²) >= 11 is 1.25. The van der Waals surface area contributed by atoms with Gasteiger partial charge in [-0.25, -0.2) is 15.0 Å². The zero-order valence-corrected chi connectivity index (χ0v) is 13.2. The van der Waals surface area contributed by atoms with E-state index in [2.05, 4.69) is 15.0 Å². The summed E-state index contributed by atoms with van der Waals surface area (Å²) in [5, 5.41) is 0.606. The molecule has 118 valence electrons. The van der Waals surface area contributed by atoms with Gasteiger partial charge in [-0.1, -0.05) is 0 Å². The zero-order valence-electron chi connectivity index (χ0n) is 12.4. The van der Waals surface area contributed by atoms with Gasteiger partial charge < -0.3 is 9.80 Å². The molecule has 1 aliphatic heterocycles. The Hall–Kier alpha value is -2.35. The molecule has 1 aliphatic carbocycles. The second-order valence-electron chi connectivity index (χ2n) is 5.81. The first-order valence-electron chi connectivity index (χ1n) is 7.51. The highest BCUT2D eigenvalue weighted by Gasteiger charge is 2.35. The van der Waals surface area contributed by atoms with Gasteiger partial charge in [0.2, 0.25) is 5.91 Å². The fraction of sp³-hybridized carbons (Fsp3) is 0.400. The lowest BCUT2D eigenvalue weighted by Crippen LogP contribution is -2.31. The van der Waals surface area contributed by atoms with Gasteiger partial charge >= 0.3 is 0 Å². The highest BCUT2D eigenvalue weighted by molar-refractivity contribution is 7.16. The van der Waals surface area contributed by atoms with E-state index in [0.29, 0.717) is 28.3 Å². The maximum Gasteiger partial charge on any atom is 0.267 e. The topological polar surface area (TPSA) is 79.3 Å². The number of amides is 2. The number of hydrogen-bond donors (Lipinski definition) is 0. The van der Waals surface area contributed by atoms with E-state index in [9.17, 15) is 9.59 Å². The first-order valence-corrected chi connectivity index (χ1v) is 8.32. The van der Waals surface area contributed by atoms with E-state index in [1.807, 2.05) is 0 Å². The minimum Gasteiger partial charge on any atom is -0.323 e. The Morgan fingerprint density at radius 1 is 1.26 bits per heavy atom. The Morgan fingerprint density at radius 2 is 2.04 bits per heavy atom. The Morgan fingerprint density at radius 3 is 2.78 bits per heavy atom. The molecule has 2 aliphatic rings. The van der Waals surface area contributed by atoms with Crippen molar-refractivity contribution in [3.63, 3.8) is 0 Å². The summed E-state index contributed by atoms with van der Waals surface area (Å²) in [5.41, 5.74) is 0. The van der Waals surface area contributed by atoms with Crippen LogP contribution in [0.4, 0.5) is 0 Å². The van der Waals surface area contributed by atoms with Crippen LogP contribution in [0, 0.1) is 5.92 Å². The predicted molar refractivity (Wildman–Crippen MR) is 83.5 cm³/mol. The fourth-order valence-electron chi connectivity index (χ4n) is 2.55. The van der Waals surface area contributed by atoms with Crippen molar-refractivity contribution in [1.29, 1.82) is 0 Å². The van der Waals surface area contributed by atoms with Crippen molar-refractivity contribution in [3.05, 3.63) is 29.5 Å². The molecule has 2 aromatic heterocycles. The summed E-state index contributed by atoms with van der Waals surface area (Å²) in [6, 6.07) is 1.73. The van der Waals surface area contributed by atoms with Gasteiger partial charge in [-0.15, -0.1) is 11.3 Å². The van der Waals surface area contributed by atoms with E-state index >= 15 is 0 Å². The molecule has 0 bridgehead atoms. The van der Waals surface area contributed by atoms with Crippen LogP contribution in [0.1, 0.15) is 22.5 Å². The van der Waals surface area contributed by atoms with Crippen LogP contribution in [0.3, 0.4) is 0 Å². The number of carbonyl (C=O) groups excluding carboxylic acids is 2. The van der Waals surface area contributed by atoms with Crippen LogP contribution in [0.25, 0.3) is 10.8 Å². The maximum absolute atomic E-state index is 12.6. The Balaban J connectivity index is 1.47. The molecule has 0 atom stereocenters. The van der Waals surface area contributed by atoms with Gasteiger partial charge in [0.05, 0.1) is 12.9 Å². The van der Waals surface area contributed by atoms with Crippen LogP contribution in [-0.4, -0.2) is 56.3 Å². The third-order valence-corrected chi connectivity index (χ3v) is 4.94. The van der Waals surface area contributed by atoms with Gasteiger partial charge in [0.15, 0.2) is 10.8 Å². The van der Waals surface area contributed by atoms with Gasteiger partial charge in [0.25, 0.3) is 5.91 Å². The Bertz CT molecular complexity index is 743. The standard InChI is InChI=1S/C15H15N5O2S/c21-12-8-20(9-19(12)7-10-2-3-10)15(22)11-6-18-14(23-11)13-16-4-1-5-17-13/h1,4-6,10H,2-3,7-9H2. The van der Waals surface area contributed by atoms with E-state index < -0.39 is 0 Å². The molecule has 8 heteroatoms. The molecule has 4 rings (SSSR count). The van der Waals surface area contributed by atoms with Gasteiger partial charge in [0.1, 0.15) is 11.4 Å². The van der Waals surface area contributed by atoms with Gasteiger partial charge in [-0.3, -0.25) is 9.59 Å². The smallest absolute Gasteiger partial charge is 0.267 e. The summed E-state index contributed by atoms with van der Waals surface area (Å²) in [5.74, 6) is 1.00. The van der Waals surface area contributed by atoms with Crippen molar-refractivity contribution in [1.82, 2.24) is 24.8 Å². The first kappa shape index (κ1) is 14.3. The molecule has 0 aromatic carbocycles. The molecule has 2 fully saturated rings. The van der Waals surface area contributed by atoms with Crippen molar-refractivity contribution >= 4 is 23.2 Å². The molecular formula is C15H15N5O2S. The molecule has 3 heterocycles. The maximum atomic E-state index is 12.6. The summed E-state index contributed by atoms with van der Waals surface area (Å²) in [6.07, 6.45) is 7.19. The fourth-order valence-corrected chi connectivity index (χ4v) is 3.38. The van der Waals surface area contributed by atoms with E-state index in [0.717, 1.165) is 6.54 Å². The molecule has 1 saturated carbocycles. The van der Waals surface area contributed by atoms with Crippen LogP contribution in [0.15, 0.2) is 24.7 Å². The summed E-state index contributed by atoms with van der Waals surface area (Å²) in [6.45, 7) is 1.30. The second kappa shape index (κ2) is 5.69. The first-order chi connectivity index (χ1) is 11.2. The summed E-state index contributed by atoms with van der Waals surface area (Å²) in [7, 11) is 0. The molecule has 0 spiro atoms. The number of hydrogen-bond acceptors (Lipinski definition) is 6. The molecule has 0 radical (unpaired) electrons. The minimum atomic E-state index is -0.156. The van der Waals surface area contributed by atoms with Crippen LogP contribution in [0.2, 0.25) is 0 Å². The summed E-state index contributed by atoms with van der Waals surface area (Å²) in [4.78, 5) is 40.9. The van der Waals surface area contributed by atoms with Crippen molar-refractivity contribution in [2.75, 3.05) is 19.8 Å². The minimum absolute atomic E-state index is 0.0291. The second-order valence-corrected chi connectivity index (χ2v) is 6.84. The molecular weight excluding hydrogens is 314 g/mol. The van der Waals surface area contributed by atoms with Crippen molar-refractivity contribution < 1.29 is 9.59 Å². The average molecular weight is 329 g/mol. The van der Waals surface area contributed by atoms with Crippen LogP contribution < -0.4 is 0 Å². The lowest BCUT2D eigenvalue weighted by atomic mass is 10.4. The number of carbonyl (C=O) groups is 2. The van der Waals surface area contributed by atoms with E-state index in [1.54, 1.807) is 28.3 Å². The summed E-state index contributed by atoms with van der Waals surface area (Å²) < 4.78 is 0.